The second kappa shape index (κ2) is 14.0. The molecule has 2 aliphatic heterocycles. The number of benzene rings is 7. The zero-order valence-corrected chi connectivity index (χ0v) is 42.0. The SMILES string of the molecule is CC(C)(C)c1ccc(N2c3ccc(C(C)(C)C)cc3B3c4cc(C(C)(C)C)ccc4Oc4cc(-n5c6ccccc6c6ccc7c8ccccc8n(C89CC%10CC(CC(C%10)C8)C9)c7c65)cc2c43)cc1. The average molecular weight is 902 g/mol. The van der Waals surface area contributed by atoms with Gasteiger partial charge in [-0.1, -0.05) is 147 Å². The van der Waals surface area contributed by atoms with Crippen molar-refractivity contribution in [3.63, 3.8) is 0 Å². The van der Waals surface area contributed by atoms with E-state index in [9.17, 15) is 0 Å². The van der Waals surface area contributed by atoms with Gasteiger partial charge in [-0.25, -0.2) is 0 Å². The fourth-order valence-corrected chi connectivity index (χ4v) is 14.8. The summed E-state index contributed by atoms with van der Waals surface area (Å²) in [6, 6.07) is 52.0. The third kappa shape index (κ3) is 6.01. The molecule has 0 saturated heterocycles. The fraction of sp³-hybridized carbons (Fsp3) is 0.344. The van der Waals surface area contributed by atoms with Crippen LogP contribution in [0.3, 0.4) is 0 Å². The Morgan fingerprint density at radius 1 is 0.478 bits per heavy atom. The minimum absolute atomic E-state index is 0.0130. The van der Waals surface area contributed by atoms with Crippen LogP contribution in [-0.4, -0.2) is 15.8 Å². The molecule has 4 saturated carbocycles. The molecule has 7 aromatic carbocycles. The molecule has 4 nitrogen and oxygen atoms in total. The van der Waals surface area contributed by atoms with Crippen LogP contribution in [0.1, 0.15) is 118 Å². The number of anilines is 3. The van der Waals surface area contributed by atoms with E-state index < -0.39 is 0 Å². The van der Waals surface area contributed by atoms with Crippen LogP contribution in [0.25, 0.3) is 49.3 Å². The molecule has 69 heavy (non-hydrogen) atoms. The maximum Gasteiger partial charge on any atom is 0.256 e. The minimum atomic E-state index is -0.0249. The molecular weight excluding hydrogens is 838 g/mol. The predicted octanol–water partition coefficient (Wildman–Crippen LogP) is 15.1. The van der Waals surface area contributed by atoms with E-state index in [0.29, 0.717) is 0 Å². The number of aromatic nitrogens is 2. The van der Waals surface area contributed by atoms with Crippen LogP contribution in [0.4, 0.5) is 17.1 Å². The van der Waals surface area contributed by atoms with Crippen molar-refractivity contribution in [2.24, 2.45) is 17.8 Å². The smallest absolute Gasteiger partial charge is 0.256 e. The van der Waals surface area contributed by atoms with Gasteiger partial charge in [0.15, 0.2) is 0 Å². The third-order valence-electron chi connectivity index (χ3n) is 17.7. The lowest BCUT2D eigenvalue weighted by atomic mass is 9.33. The summed E-state index contributed by atoms with van der Waals surface area (Å²) in [6.45, 7) is 20.9. The Labute approximate surface area is 408 Å². The number of hydrogen-bond acceptors (Lipinski definition) is 2. The van der Waals surface area contributed by atoms with Crippen LogP contribution in [-0.2, 0) is 21.8 Å². The summed E-state index contributed by atoms with van der Waals surface area (Å²) in [5, 5.41) is 5.33. The van der Waals surface area contributed by atoms with Gasteiger partial charge in [-0.2, -0.15) is 0 Å². The van der Waals surface area contributed by atoms with Gasteiger partial charge in [0.05, 0.1) is 22.2 Å². The standard InChI is InChI=1S/C64H64BN3O/c1-61(2,3)41-18-22-44(23-19-41)66-54-26-20-42(62(4,5)6)31-50(54)65-51-32-43(63(7,8)9)21-27-56(51)69-57-34-45(33-55(66)58(57)65)67-52-16-12-10-14-46(52)48-24-25-49-47-15-11-13-17-53(47)68(60(49)59(48)67)64-35-38-28-39(36-64)30-40(29-38)37-64/h10-27,31-34,38-40H,28-30,35-37H2,1-9H3. The monoisotopic (exact) mass is 902 g/mol. The van der Waals surface area contributed by atoms with Gasteiger partial charge in [-0.05, 0) is 148 Å². The lowest BCUT2D eigenvalue weighted by Crippen LogP contribution is -2.60. The molecule has 0 amide bonds. The summed E-state index contributed by atoms with van der Waals surface area (Å²) in [5.41, 5.74) is 17.9. The van der Waals surface area contributed by atoms with E-state index in [1.807, 2.05) is 0 Å². The summed E-state index contributed by atoms with van der Waals surface area (Å²) in [7, 11) is 0. The Morgan fingerprint density at radius 3 is 1.67 bits per heavy atom. The normalized spacial score (nSPS) is 21.6. The van der Waals surface area contributed by atoms with Crippen molar-refractivity contribution in [2.45, 2.75) is 123 Å². The molecule has 9 aromatic rings. The molecule has 2 aromatic heterocycles. The highest BCUT2D eigenvalue weighted by Gasteiger charge is 2.53. The Hall–Kier alpha value is -6.20. The van der Waals surface area contributed by atoms with Crippen molar-refractivity contribution in [1.29, 1.82) is 0 Å². The van der Waals surface area contributed by atoms with Gasteiger partial charge < -0.3 is 18.8 Å². The van der Waals surface area contributed by atoms with E-state index in [4.69, 9.17) is 4.74 Å². The maximum absolute atomic E-state index is 7.39. The first-order chi connectivity index (χ1) is 33.0. The second-order valence-electron chi connectivity index (χ2n) is 25.3. The zero-order chi connectivity index (χ0) is 47.1. The van der Waals surface area contributed by atoms with Gasteiger partial charge >= 0.3 is 0 Å². The van der Waals surface area contributed by atoms with Gasteiger partial charge in [0, 0.05) is 55.7 Å². The number of nitrogens with zero attached hydrogens (tertiary/aromatic N) is 3. The first-order valence-corrected chi connectivity index (χ1v) is 26.0. The largest absolute Gasteiger partial charge is 0.458 e. The molecule has 4 bridgehead atoms. The predicted molar refractivity (Wildman–Crippen MR) is 292 cm³/mol. The van der Waals surface area contributed by atoms with E-state index in [1.165, 1.54) is 127 Å². The molecular formula is C64H64BN3O. The molecule has 0 radical (unpaired) electrons. The molecule has 0 unspecified atom stereocenters. The topological polar surface area (TPSA) is 22.3 Å². The summed E-state index contributed by atoms with van der Waals surface area (Å²) >= 11 is 0. The molecule has 4 heterocycles. The van der Waals surface area contributed by atoms with Crippen LogP contribution < -0.4 is 26.0 Å². The van der Waals surface area contributed by atoms with E-state index in [-0.39, 0.29) is 28.5 Å². The second-order valence-corrected chi connectivity index (χ2v) is 25.3. The Kier molecular flexibility index (Phi) is 8.46. The summed E-state index contributed by atoms with van der Waals surface area (Å²) in [6.07, 6.45) is 8.12. The van der Waals surface area contributed by atoms with Crippen LogP contribution in [0.15, 0.2) is 133 Å². The lowest BCUT2D eigenvalue weighted by molar-refractivity contribution is -0.0386. The van der Waals surface area contributed by atoms with Crippen molar-refractivity contribution in [1.82, 2.24) is 9.13 Å². The molecule has 5 heteroatoms. The van der Waals surface area contributed by atoms with Crippen molar-refractivity contribution in [2.75, 3.05) is 4.90 Å². The van der Waals surface area contributed by atoms with E-state index >= 15 is 0 Å². The molecule has 344 valence electrons. The fourth-order valence-electron chi connectivity index (χ4n) is 14.8. The van der Waals surface area contributed by atoms with Gasteiger partial charge in [-0.3, -0.25) is 0 Å². The summed E-state index contributed by atoms with van der Waals surface area (Å²) < 4.78 is 12.9. The van der Waals surface area contributed by atoms with Crippen molar-refractivity contribution in [3.05, 3.63) is 150 Å². The third-order valence-corrected chi connectivity index (χ3v) is 17.7. The highest BCUT2D eigenvalue weighted by molar-refractivity contribution is 6.99. The van der Waals surface area contributed by atoms with Crippen LogP contribution in [0.5, 0.6) is 11.5 Å². The van der Waals surface area contributed by atoms with Crippen LogP contribution in [0.2, 0.25) is 0 Å². The summed E-state index contributed by atoms with van der Waals surface area (Å²) in [4.78, 5) is 2.56. The van der Waals surface area contributed by atoms with Crippen LogP contribution in [0, 0.1) is 17.8 Å². The minimum Gasteiger partial charge on any atom is -0.458 e. The quantitative estimate of drug-likeness (QED) is 0.165. The van der Waals surface area contributed by atoms with Gasteiger partial charge in [0.25, 0.3) is 6.71 Å². The van der Waals surface area contributed by atoms with E-state index in [0.717, 1.165) is 40.6 Å². The van der Waals surface area contributed by atoms with E-state index in [2.05, 4.69) is 210 Å². The molecule has 0 spiro atoms. The van der Waals surface area contributed by atoms with Crippen molar-refractivity contribution >= 4 is 83.8 Å². The van der Waals surface area contributed by atoms with Crippen LogP contribution >= 0.6 is 0 Å². The average Bonchev–Trinajstić information content (AvgIpc) is 3.83. The molecule has 15 rings (SSSR count). The molecule has 0 atom stereocenters. The van der Waals surface area contributed by atoms with Crippen molar-refractivity contribution in [3.8, 4) is 17.2 Å². The Morgan fingerprint density at radius 2 is 1.03 bits per heavy atom. The number of fused-ring (bicyclic) bond motifs is 11. The molecule has 4 aliphatic carbocycles. The lowest BCUT2D eigenvalue weighted by Gasteiger charge is -2.57. The van der Waals surface area contributed by atoms with E-state index in [1.54, 1.807) is 0 Å². The number of rotatable bonds is 3. The molecule has 4 fully saturated rings. The van der Waals surface area contributed by atoms with Gasteiger partial charge in [0.2, 0.25) is 0 Å². The molecule has 0 N–H and O–H groups in total. The van der Waals surface area contributed by atoms with Gasteiger partial charge in [-0.15, -0.1) is 0 Å². The first-order valence-electron chi connectivity index (χ1n) is 26.0. The first kappa shape index (κ1) is 41.7. The molecule has 6 aliphatic rings. The highest BCUT2D eigenvalue weighted by Crippen LogP contribution is 2.61. The summed E-state index contributed by atoms with van der Waals surface area (Å²) in [5.74, 6) is 4.36. The maximum atomic E-state index is 7.39. The number of hydrogen-bond donors (Lipinski definition) is 0. The van der Waals surface area contributed by atoms with Crippen molar-refractivity contribution < 1.29 is 4.74 Å². The number of ether oxygens (including phenoxy) is 1. The van der Waals surface area contributed by atoms with Gasteiger partial charge in [0.1, 0.15) is 11.5 Å². The zero-order valence-electron chi connectivity index (χ0n) is 42.0. The Bertz CT molecular complexity index is 3600. The Balaban J connectivity index is 1.10. The highest BCUT2D eigenvalue weighted by atomic mass is 16.5. The number of para-hydroxylation sites is 2.